The van der Waals surface area contributed by atoms with Gasteiger partial charge < -0.3 is 10.5 Å². The highest BCUT2D eigenvalue weighted by Gasteiger charge is 2.21. The topological polar surface area (TPSA) is 84.7 Å². The van der Waals surface area contributed by atoms with E-state index in [0.717, 1.165) is 13.0 Å². The Kier molecular flexibility index (Phi) is 3.84. The number of rotatable bonds is 2. The van der Waals surface area contributed by atoms with E-state index in [1.165, 1.54) is 7.11 Å². The van der Waals surface area contributed by atoms with Gasteiger partial charge in [0, 0.05) is 19.1 Å². The molecule has 3 N–H and O–H groups in total. The van der Waals surface area contributed by atoms with Crippen LogP contribution in [0.4, 0.5) is 4.79 Å². The average molecular weight is 201 g/mol. The van der Waals surface area contributed by atoms with Crippen LogP contribution in [0, 0.1) is 0 Å². The highest BCUT2D eigenvalue weighted by molar-refractivity contribution is 5.92. The van der Waals surface area contributed by atoms with Crippen molar-refractivity contribution in [2.24, 2.45) is 5.73 Å². The van der Waals surface area contributed by atoms with Gasteiger partial charge in [-0.2, -0.15) is 0 Å². The van der Waals surface area contributed by atoms with E-state index >= 15 is 0 Å². The Hall–Kier alpha value is -1.14. The summed E-state index contributed by atoms with van der Waals surface area (Å²) in [7, 11) is 1.22. The second-order valence-electron chi connectivity index (χ2n) is 3.32. The number of imide groups is 1. The second-order valence-corrected chi connectivity index (χ2v) is 3.32. The fourth-order valence-electron chi connectivity index (χ4n) is 1.41. The Balaban J connectivity index is 2.23. The van der Waals surface area contributed by atoms with Crippen LogP contribution >= 0.6 is 0 Å². The lowest BCUT2D eigenvalue weighted by Crippen LogP contribution is -2.39. The predicted octanol–water partition coefficient (Wildman–Crippen LogP) is -1.10. The van der Waals surface area contributed by atoms with Crippen LogP contribution < -0.4 is 11.1 Å². The number of alkyl carbamates (subject to hydrolysis) is 1. The number of ether oxygens (including phenoxy) is 1. The third-order valence-electron chi connectivity index (χ3n) is 2.10. The van der Waals surface area contributed by atoms with Crippen molar-refractivity contribution in [3.63, 3.8) is 0 Å². The number of likely N-dealkylation sites (tertiary alicyclic amines) is 1. The van der Waals surface area contributed by atoms with Crippen LogP contribution in [0.2, 0.25) is 0 Å². The highest BCUT2D eigenvalue weighted by Crippen LogP contribution is 2.05. The highest BCUT2D eigenvalue weighted by atomic mass is 16.5. The van der Waals surface area contributed by atoms with E-state index in [1.807, 2.05) is 4.90 Å². The zero-order chi connectivity index (χ0) is 10.6. The first-order chi connectivity index (χ1) is 6.61. The SMILES string of the molecule is COC(=O)NC(=O)CN1CCC(N)C1. The molecule has 1 aliphatic rings. The monoisotopic (exact) mass is 201 g/mol. The maximum Gasteiger partial charge on any atom is 0.413 e. The lowest BCUT2D eigenvalue weighted by Gasteiger charge is -2.13. The molecule has 6 nitrogen and oxygen atoms in total. The quantitative estimate of drug-likeness (QED) is 0.592. The minimum absolute atomic E-state index is 0.140. The van der Waals surface area contributed by atoms with Gasteiger partial charge in [0.1, 0.15) is 0 Å². The molecule has 2 amide bonds. The summed E-state index contributed by atoms with van der Waals surface area (Å²) in [6.45, 7) is 1.70. The van der Waals surface area contributed by atoms with Crippen LogP contribution in [0.1, 0.15) is 6.42 Å². The summed E-state index contributed by atoms with van der Waals surface area (Å²) < 4.78 is 4.29. The first-order valence-electron chi connectivity index (χ1n) is 4.47. The summed E-state index contributed by atoms with van der Waals surface area (Å²) in [5.41, 5.74) is 5.66. The molecule has 0 aliphatic carbocycles. The molecule has 0 aromatic carbocycles. The van der Waals surface area contributed by atoms with Crippen LogP contribution in [0.25, 0.3) is 0 Å². The number of carbonyl (C=O) groups is 2. The maximum absolute atomic E-state index is 11.2. The fourth-order valence-corrected chi connectivity index (χ4v) is 1.41. The molecular weight excluding hydrogens is 186 g/mol. The van der Waals surface area contributed by atoms with Crippen molar-refractivity contribution in [2.45, 2.75) is 12.5 Å². The van der Waals surface area contributed by atoms with E-state index in [9.17, 15) is 9.59 Å². The Labute approximate surface area is 82.4 Å². The van der Waals surface area contributed by atoms with Gasteiger partial charge in [-0.25, -0.2) is 4.79 Å². The molecule has 80 valence electrons. The number of carbonyl (C=O) groups excluding carboxylic acids is 2. The summed E-state index contributed by atoms with van der Waals surface area (Å²) in [4.78, 5) is 23.7. The lowest BCUT2D eigenvalue weighted by atomic mass is 10.3. The van der Waals surface area contributed by atoms with Crippen LogP contribution in [0.5, 0.6) is 0 Å². The standard InChI is InChI=1S/C8H15N3O3/c1-14-8(13)10-7(12)5-11-3-2-6(9)4-11/h6H,2-5,9H2,1H3,(H,10,12,13). The van der Waals surface area contributed by atoms with Gasteiger partial charge in [0.15, 0.2) is 0 Å². The maximum atomic E-state index is 11.2. The molecule has 1 unspecified atom stereocenters. The summed E-state index contributed by atoms with van der Waals surface area (Å²) in [6, 6.07) is 0.140. The average Bonchev–Trinajstić information content (AvgIpc) is 2.50. The summed E-state index contributed by atoms with van der Waals surface area (Å²) in [5, 5.41) is 2.09. The van der Waals surface area contributed by atoms with E-state index < -0.39 is 6.09 Å². The third kappa shape index (κ3) is 3.31. The molecule has 0 radical (unpaired) electrons. The van der Waals surface area contributed by atoms with Crippen LogP contribution in [0.3, 0.4) is 0 Å². The van der Waals surface area contributed by atoms with Crippen LogP contribution in [-0.2, 0) is 9.53 Å². The largest absolute Gasteiger partial charge is 0.453 e. The molecule has 0 aromatic heterocycles. The predicted molar refractivity (Wildman–Crippen MR) is 49.6 cm³/mol. The number of nitrogens with one attached hydrogen (secondary N) is 1. The molecule has 0 saturated carbocycles. The molecule has 6 heteroatoms. The summed E-state index contributed by atoms with van der Waals surface area (Å²) in [6.07, 6.45) is 0.171. The van der Waals surface area contributed by atoms with Gasteiger partial charge in [-0.15, -0.1) is 0 Å². The number of nitrogens with two attached hydrogens (primary N) is 1. The van der Waals surface area contributed by atoms with Crippen molar-refractivity contribution in [2.75, 3.05) is 26.7 Å². The second kappa shape index (κ2) is 4.92. The van der Waals surface area contributed by atoms with Crippen molar-refractivity contribution >= 4 is 12.0 Å². The number of amides is 2. The number of nitrogens with zero attached hydrogens (tertiary/aromatic N) is 1. The van der Waals surface area contributed by atoms with Gasteiger partial charge >= 0.3 is 6.09 Å². The molecule has 1 rings (SSSR count). The molecule has 0 bridgehead atoms. The van der Waals surface area contributed by atoms with Gasteiger partial charge in [-0.1, -0.05) is 0 Å². The number of hydrogen-bond acceptors (Lipinski definition) is 5. The van der Waals surface area contributed by atoms with E-state index in [0.29, 0.717) is 6.54 Å². The molecule has 1 saturated heterocycles. The number of methoxy groups -OCH3 is 1. The van der Waals surface area contributed by atoms with E-state index in [1.54, 1.807) is 0 Å². The van der Waals surface area contributed by atoms with E-state index in [2.05, 4.69) is 10.1 Å². The van der Waals surface area contributed by atoms with Gasteiger partial charge in [0.25, 0.3) is 0 Å². The first-order valence-corrected chi connectivity index (χ1v) is 4.47. The fraction of sp³-hybridized carbons (Fsp3) is 0.750. The van der Waals surface area contributed by atoms with Crippen molar-refractivity contribution in [1.82, 2.24) is 10.2 Å². The minimum atomic E-state index is -0.724. The van der Waals surface area contributed by atoms with Crippen molar-refractivity contribution in [1.29, 1.82) is 0 Å². The molecule has 0 aromatic rings. The Morgan fingerprint density at radius 3 is 2.86 bits per heavy atom. The number of hydrogen-bond donors (Lipinski definition) is 2. The van der Waals surface area contributed by atoms with E-state index in [4.69, 9.17) is 5.73 Å². The van der Waals surface area contributed by atoms with Gasteiger partial charge in [0.2, 0.25) is 5.91 Å². The molecule has 1 atom stereocenters. The summed E-state index contributed by atoms with van der Waals surface area (Å²) in [5.74, 6) is -0.356. The molecule has 0 spiro atoms. The lowest BCUT2D eigenvalue weighted by molar-refractivity contribution is -0.121. The Morgan fingerprint density at radius 2 is 2.36 bits per heavy atom. The van der Waals surface area contributed by atoms with Gasteiger partial charge in [0.05, 0.1) is 13.7 Å². The van der Waals surface area contributed by atoms with Gasteiger partial charge in [-0.3, -0.25) is 15.0 Å². The Bertz CT molecular complexity index is 232. The van der Waals surface area contributed by atoms with Crippen molar-refractivity contribution in [3.8, 4) is 0 Å². The van der Waals surface area contributed by atoms with Crippen molar-refractivity contribution in [3.05, 3.63) is 0 Å². The molecule has 1 aliphatic heterocycles. The molecular formula is C8H15N3O3. The summed E-state index contributed by atoms with van der Waals surface area (Å²) >= 11 is 0. The van der Waals surface area contributed by atoms with E-state index in [-0.39, 0.29) is 18.5 Å². The van der Waals surface area contributed by atoms with Gasteiger partial charge in [-0.05, 0) is 6.42 Å². The molecule has 1 heterocycles. The molecule has 1 fully saturated rings. The first kappa shape index (κ1) is 10.9. The zero-order valence-electron chi connectivity index (χ0n) is 8.16. The third-order valence-corrected chi connectivity index (χ3v) is 2.10. The normalized spacial score (nSPS) is 22.0. The van der Waals surface area contributed by atoms with Crippen molar-refractivity contribution < 1.29 is 14.3 Å². The zero-order valence-corrected chi connectivity index (χ0v) is 8.16. The smallest absolute Gasteiger partial charge is 0.413 e. The van der Waals surface area contributed by atoms with Crippen LogP contribution in [-0.4, -0.2) is 49.7 Å². The minimum Gasteiger partial charge on any atom is -0.453 e. The molecule has 14 heavy (non-hydrogen) atoms. The Morgan fingerprint density at radius 1 is 1.64 bits per heavy atom. The van der Waals surface area contributed by atoms with Crippen LogP contribution in [0.15, 0.2) is 0 Å².